The fourth-order valence-electron chi connectivity index (χ4n) is 2.49. The minimum atomic E-state index is -1.11. The minimum absolute atomic E-state index is 0.0655. The molecule has 3 nitrogen and oxygen atoms in total. The van der Waals surface area contributed by atoms with Gasteiger partial charge in [0.1, 0.15) is 5.60 Å². The lowest BCUT2D eigenvalue weighted by Gasteiger charge is -2.24. The molecule has 0 amide bonds. The van der Waals surface area contributed by atoms with Crippen LogP contribution in [0.1, 0.15) is 44.1 Å². The first-order valence-corrected chi connectivity index (χ1v) is 7.25. The van der Waals surface area contributed by atoms with E-state index in [9.17, 15) is 9.90 Å². The molecule has 0 aromatic carbocycles. The molecule has 0 unspecified atom stereocenters. The molecule has 0 bridgehead atoms. The first kappa shape index (κ1) is 13.7. The molecule has 1 N–H and O–H groups in total. The Kier molecular flexibility index (Phi) is 4.51. The molecule has 2 rings (SSSR count). The topological polar surface area (TPSA) is 50.2 Å². The molecule has 4 heteroatoms. The molecule has 0 saturated heterocycles. The summed E-state index contributed by atoms with van der Waals surface area (Å²) in [7, 11) is 0. The van der Waals surface area contributed by atoms with Gasteiger partial charge >= 0.3 is 0 Å². The van der Waals surface area contributed by atoms with Crippen molar-refractivity contribution >= 4 is 21.7 Å². The average Bonchev–Trinajstić information content (AvgIpc) is 2.55. The quantitative estimate of drug-likeness (QED) is 0.873. The van der Waals surface area contributed by atoms with Crippen molar-refractivity contribution in [3.8, 4) is 0 Å². The van der Waals surface area contributed by atoms with Crippen molar-refractivity contribution in [1.29, 1.82) is 0 Å². The van der Waals surface area contributed by atoms with Crippen LogP contribution in [0.2, 0.25) is 0 Å². The summed E-state index contributed by atoms with van der Waals surface area (Å²) in [5.74, 6) is -0.0655. The highest BCUT2D eigenvalue weighted by atomic mass is 79.9. The van der Waals surface area contributed by atoms with Crippen LogP contribution in [0.25, 0.3) is 0 Å². The molecule has 0 spiro atoms. The Morgan fingerprint density at radius 1 is 1.28 bits per heavy atom. The number of carbonyl (C=O) groups is 1. The standard InChI is InChI=1S/C14H18BrNO2/c15-12-7-11(9-16-10-12)8-13(17)14(18)5-3-1-2-4-6-14/h7,9-10,18H,1-6,8H2. The van der Waals surface area contributed by atoms with Crippen molar-refractivity contribution in [2.75, 3.05) is 0 Å². The van der Waals surface area contributed by atoms with Gasteiger partial charge in [0.2, 0.25) is 0 Å². The van der Waals surface area contributed by atoms with Crippen molar-refractivity contribution in [1.82, 2.24) is 4.98 Å². The zero-order chi connectivity index (χ0) is 13.0. The fraction of sp³-hybridized carbons (Fsp3) is 0.571. The first-order chi connectivity index (χ1) is 8.60. The number of carbonyl (C=O) groups excluding carboxylic acids is 1. The van der Waals surface area contributed by atoms with E-state index >= 15 is 0 Å². The average molecular weight is 312 g/mol. The van der Waals surface area contributed by atoms with Crippen LogP contribution >= 0.6 is 15.9 Å². The SMILES string of the molecule is O=C(Cc1cncc(Br)c1)C1(O)CCCCCC1. The molecule has 1 aliphatic rings. The molecular formula is C14H18BrNO2. The number of aliphatic hydroxyl groups is 1. The van der Waals surface area contributed by atoms with E-state index in [1.807, 2.05) is 6.07 Å². The van der Waals surface area contributed by atoms with Gasteiger partial charge in [-0.1, -0.05) is 25.7 Å². The van der Waals surface area contributed by atoms with Crippen molar-refractivity contribution in [3.63, 3.8) is 0 Å². The summed E-state index contributed by atoms with van der Waals surface area (Å²) in [5.41, 5.74) is -0.259. The summed E-state index contributed by atoms with van der Waals surface area (Å²) in [5, 5.41) is 10.5. The van der Waals surface area contributed by atoms with Crippen LogP contribution in [0.5, 0.6) is 0 Å². The lowest BCUT2D eigenvalue weighted by Crippen LogP contribution is -2.39. The van der Waals surface area contributed by atoms with Crippen molar-refractivity contribution in [2.45, 2.75) is 50.5 Å². The molecule has 1 aromatic rings. The highest BCUT2D eigenvalue weighted by Crippen LogP contribution is 2.29. The third-order valence-electron chi connectivity index (χ3n) is 3.58. The fourth-order valence-corrected chi connectivity index (χ4v) is 2.91. The Morgan fingerprint density at radius 2 is 1.94 bits per heavy atom. The molecular weight excluding hydrogens is 294 g/mol. The van der Waals surface area contributed by atoms with Gasteiger partial charge < -0.3 is 5.11 Å². The molecule has 0 radical (unpaired) electrons. The zero-order valence-corrected chi connectivity index (χ0v) is 11.9. The predicted molar refractivity (Wildman–Crippen MR) is 73.3 cm³/mol. The highest BCUT2D eigenvalue weighted by Gasteiger charge is 2.35. The van der Waals surface area contributed by atoms with E-state index in [1.165, 1.54) is 0 Å². The molecule has 1 heterocycles. The number of halogens is 1. The summed E-state index contributed by atoms with van der Waals surface area (Å²) < 4.78 is 0.862. The number of hydrogen-bond donors (Lipinski definition) is 1. The number of rotatable bonds is 3. The zero-order valence-electron chi connectivity index (χ0n) is 10.4. The van der Waals surface area contributed by atoms with E-state index in [1.54, 1.807) is 12.4 Å². The third-order valence-corrected chi connectivity index (χ3v) is 4.01. The number of Topliss-reactive ketones (excluding diaryl/α,β-unsaturated/α-hetero) is 1. The van der Waals surface area contributed by atoms with Crippen LogP contribution in [0, 0.1) is 0 Å². The van der Waals surface area contributed by atoms with Crippen LogP contribution in [0.3, 0.4) is 0 Å². The minimum Gasteiger partial charge on any atom is -0.382 e. The maximum atomic E-state index is 12.3. The molecule has 98 valence electrons. The van der Waals surface area contributed by atoms with Crippen molar-refractivity contribution in [3.05, 3.63) is 28.5 Å². The molecule has 1 aromatic heterocycles. The molecule has 1 aliphatic carbocycles. The summed E-state index contributed by atoms with van der Waals surface area (Å²) in [4.78, 5) is 16.3. The summed E-state index contributed by atoms with van der Waals surface area (Å²) >= 11 is 3.34. The summed E-state index contributed by atoms with van der Waals surface area (Å²) in [6.45, 7) is 0. The van der Waals surface area contributed by atoms with Gasteiger partial charge in [-0.05, 0) is 40.4 Å². The van der Waals surface area contributed by atoms with Gasteiger partial charge in [-0.25, -0.2) is 0 Å². The second kappa shape index (κ2) is 5.93. The van der Waals surface area contributed by atoms with Crippen LogP contribution in [0.15, 0.2) is 22.9 Å². The molecule has 1 fully saturated rings. The summed E-state index contributed by atoms with van der Waals surface area (Å²) in [6, 6.07) is 1.88. The Morgan fingerprint density at radius 3 is 2.56 bits per heavy atom. The van der Waals surface area contributed by atoms with Crippen LogP contribution in [-0.2, 0) is 11.2 Å². The number of nitrogens with zero attached hydrogens (tertiary/aromatic N) is 1. The maximum absolute atomic E-state index is 12.3. The number of ketones is 1. The number of aromatic nitrogens is 1. The Bertz CT molecular complexity index is 426. The molecule has 0 atom stereocenters. The third kappa shape index (κ3) is 3.39. The van der Waals surface area contributed by atoms with E-state index < -0.39 is 5.60 Å². The van der Waals surface area contributed by atoms with E-state index in [4.69, 9.17) is 0 Å². The second-order valence-corrected chi connectivity index (χ2v) is 5.97. The lowest BCUT2D eigenvalue weighted by molar-refractivity contribution is -0.138. The summed E-state index contributed by atoms with van der Waals surface area (Å²) in [6.07, 6.45) is 8.97. The largest absolute Gasteiger partial charge is 0.382 e. The van der Waals surface area contributed by atoms with E-state index in [-0.39, 0.29) is 12.2 Å². The Hall–Kier alpha value is -0.740. The van der Waals surface area contributed by atoms with Gasteiger partial charge in [-0.3, -0.25) is 9.78 Å². The van der Waals surface area contributed by atoms with Gasteiger partial charge in [0.05, 0.1) is 0 Å². The van der Waals surface area contributed by atoms with E-state index in [2.05, 4.69) is 20.9 Å². The predicted octanol–water partition coefficient (Wildman–Crippen LogP) is 3.04. The maximum Gasteiger partial charge on any atom is 0.168 e. The number of pyridine rings is 1. The molecule has 0 aliphatic heterocycles. The van der Waals surface area contributed by atoms with Crippen LogP contribution in [0.4, 0.5) is 0 Å². The Balaban J connectivity index is 2.06. The van der Waals surface area contributed by atoms with E-state index in [0.29, 0.717) is 12.8 Å². The lowest BCUT2D eigenvalue weighted by atomic mass is 9.87. The van der Waals surface area contributed by atoms with Gasteiger partial charge in [0.15, 0.2) is 5.78 Å². The normalized spacial score (nSPS) is 19.2. The molecule has 1 saturated carbocycles. The van der Waals surface area contributed by atoms with Crippen LogP contribution < -0.4 is 0 Å². The smallest absolute Gasteiger partial charge is 0.168 e. The second-order valence-electron chi connectivity index (χ2n) is 5.06. The van der Waals surface area contributed by atoms with Gasteiger partial charge in [0.25, 0.3) is 0 Å². The Labute approximate surface area is 116 Å². The highest BCUT2D eigenvalue weighted by molar-refractivity contribution is 9.10. The van der Waals surface area contributed by atoms with E-state index in [0.717, 1.165) is 35.7 Å². The van der Waals surface area contributed by atoms with Gasteiger partial charge in [-0.15, -0.1) is 0 Å². The first-order valence-electron chi connectivity index (χ1n) is 6.45. The monoisotopic (exact) mass is 311 g/mol. The number of hydrogen-bond acceptors (Lipinski definition) is 3. The van der Waals surface area contributed by atoms with Crippen molar-refractivity contribution in [2.24, 2.45) is 0 Å². The molecule has 18 heavy (non-hydrogen) atoms. The van der Waals surface area contributed by atoms with Gasteiger partial charge in [-0.2, -0.15) is 0 Å². The van der Waals surface area contributed by atoms with Crippen molar-refractivity contribution < 1.29 is 9.90 Å². The van der Waals surface area contributed by atoms with Gasteiger partial charge in [0, 0.05) is 23.3 Å². The van der Waals surface area contributed by atoms with Crippen LogP contribution in [-0.4, -0.2) is 21.5 Å².